The van der Waals surface area contributed by atoms with Crippen LogP contribution >= 0.6 is 0 Å². The van der Waals surface area contributed by atoms with Crippen LogP contribution in [0.15, 0.2) is 30.3 Å². The van der Waals surface area contributed by atoms with Gasteiger partial charge in [0.2, 0.25) is 5.91 Å². The maximum Gasteiger partial charge on any atom is 0.327 e. The number of hydrogen-bond donors (Lipinski definition) is 0. The maximum absolute atomic E-state index is 13.4. The highest BCUT2D eigenvalue weighted by Gasteiger charge is 2.58. The number of imide groups is 1. The Hall–Kier alpha value is -2.37. The average Bonchev–Trinajstić information content (AvgIpc) is 2.81. The summed E-state index contributed by atoms with van der Waals surface area (Å²) in [4.78, 5) is 43.4. The number of hydrogen-bond acceptors (Lipinski definition) is 3. The van der Waals surface area contributed by atoms with E-state index >= 15 is 0 Å². The van der Waals surface area contributed by atoms with Crippen LogP contribution in [0.5, 0.6) is 0 Å². The summed E-state index contributed by atoms with van der Waals surface area (Å²) in [7, 11) is 0. The molecule has 2 heterocycles. The van der Waals surface area contributed by atoms with Gasteiger partial charge in [-0.05, 0) is 37.2 Å². The molecule has 2 aliphatic heterocycles. The Morgan fingerprint density at radius 2 is 1.78 bits per heavy atom. The number of benzene rings is 1. The van der Waals surface area contributed by atoms with Gasteiger partial charge < -0.3 is 9.80 Å². The lowest BCUT2D eigenvalue weighted by Gasteiger charge is -2.42. The Balaban J connectivity index is 1.61. The van der Waals surface area contributed by atoms with Crippen molar-refractivity contribution >= 4 is 17.8 Å². The first kappa shape index (κ1) is 18.0. The van der Waals surface area contributed by atoms with Gasteiger partial charge in [-0.15, -0.1) is 0 Å². The molecular formula is C21H27N3O3. The predicted octanol–water partition coefficient (Wildman–Crippen LogP) is 2.63. The highest BCUT2D eigenvalue weighted by molar-refractivity contribution is 6.07. The fourth-order valence-electron chi connectivity index (χ4n) is 4.54. The fourth-order valence-corrected chi connectivity index (χ4v) is 4.54. The molecule has 1 aromatic rings. The molecule has 4 amide bonds. The van der Waals surface area contributed by atoms with Gasteiger partial charge in [0.25, 0.3) is 5.91 Å². The molecule has 1 saturated carbocycles. The third-order valence-electron chi connectivity index (χ3n) is 6.51. The minimum absolute atomic E-state index is 0.0301. The van der Waals surface area contributed by atoms with E-state index < -0.39 is 5.54 Å². The third kappa shape index (κ3) is 3.11. The summed E-state index contributed by atoms with van der Waals surface area (Å²) in [6, 6.07) is 9.68. The maximum atomic E-state index is 13.4. The monoisotopic (exact) mass is 369 g/mol. The van der Waals surface area contributed by atoms with E-state index in [0.717, 1.165) is 18.4 Å². The quantitative estimate of drug-likeness (QED) is 0.767. The minimum Gasteiger partial charge on any atom is -0.343 e. The molecule has 0 radical (unpaired) electrons. The first-order chi connectivity index (χ1) is 13.0. The summed E-state index contributed by atoms with van der Waals surface area (Å²) >= 11 is 0. The first-order valence-electron chi connectivity index (χ1n) is 9.94. The summed E-state index contributed by atoms with van der Waals surface area (Å²) in [5.74, 6) is 0.421. The van der Waals surface area contributed by atoms with Crippen LogP contribution in [0.2, 0.25) is 0 Å². The molecule has 0 unspecified atom stereocenters. The largest absolute Gasteiger partial charge is 0.343 e. The van der Waals surface area contributed by atoms with Gasteiger partial charge in [-0.2, -0.15) is 0 Å². The summed E-state index contributed by atoms with van der Waals surface area (Å²) in [6.07, 6.45) is 4.42. The Bertz CT molecular complexity index is 736. The predicted molar refractivity (Wildman–Crippen MR) is 101 cm³/mol. The molecule has 6 heteroatoms. The molecule has 0 aromatic heterocycles. The molecule has 1 spiro atoms. The number of carbonyl (C=O) groups excluding carboxylic acids is 3. The zero-order chi connectivity index (χ0) is 19.0. The molecule has 0 N–H and O–H groups in total. The standard InChI is InChI=1S/C21H27N3O3/c1-16(25)22-12-10-21(11-13-22)19(26)23(14-17-8-5-9-17)20(27)24(21)15-18-6-3-2-4-7-18/h2-4,6-7,17H,5,8-15H2,1H3. The number of piperidine rings is 1. The van der Waals surface area contributed by atoms with Crippen LogP contribution in [0.25, 0.3) is 0 Å². The SMILES string of the molecule is CC(=O)N1CCC2(CC1)C(=O)N(CC1CCC1)C(=O)N2Cc1ccccc1. The number of rotatable bonds is 4. The van der Waals surface area contributed by atoms with Gasteiger partial charge in [0.1, 0.15) is 5.54 Å². The van der Waals surface area contributed by atoms with Crippen LogP contribution in [0.3, 0.4) is 0 Å². The zero-order valence-electron chi connectivity index (χ0n) is 15.9. The van der Waals surface area contributed by atoms with E-state index in [-0.39, 0.29) is 17.8 Å². The molecule has 144 valence electrons. The third-order valence-corrected chi connectivity index (χ3v) is 6.51. The first-order valence-corrected chi connectivity index (χ1v) is 9.94. The minimum atomic E-state index is -0.803. The topological polar surface area (TPSA) is 60.9 Å². The van der Waals surface area contributed by atoms with Crippen molar-refractivity contribution in [3.8, 4) is 0 Å². The molecule has 1 aromatic carbocycles. The van der Waals surface area contributed by atoms with Crippen molar-refractivity contribution in [3.05, 3.63) is 35.9 Å². The van der Waals surface area contributed by atoms with Crippen molar-refractivity contribution in [1.82, 2.24) is 14.7 Å². The summed E-state index contributed by atoms with van der Waals surface area (Å²) in [5.41, 5.74) is 0.223. The summed E-state index contributed by atoms with van der Waals surface area (Å²) < 4.78 is 0. The van der Waals surface area contributed by atoms with Crippen molar-refractivity contribution in [3.63, 3.8) is 0 Å². The van der Waals surface area contributed by atoms with E-state index in [1.54, 1.807) is 16.7 Å². The van der Waals surface area contributed by atoms with Crippen molar-refractivity contribution in [2.45, 2.75) is 51.1 Å². The van der Waals surface area contributed by atoms with E-state index in [0.29, 0.717) is 44.9 Å². The molecule has 4 rings (SSSR count). The number of carbonyl (C=O) groups is 3. The highest BCUT2D eigenvalue weighted by atomic mass is 16.2. The van der Waals surface area contributed by atoms with E-state index in [2.05, 4.69) is 0 Å². The Morgan fingerprint density at radius 1 is 1.11 bits per heavy atom. The van der Waals surface area contributed by atoms with Gasteiger partial charge in [-0.3, -0.25) is 14.5 Å². The molecular weight excluding hydrogens is 342 g/mol. The second-order valence-electron chi connectivity index (χ2n) is 8.10. The number of amides is 4. The van der Waals surface area contributed by atoms with Crippen molar-refractivity contribution in [2.24, 2.45) is 5.92 Å². The van der Waals surface area contributed by atoms with Crippen LogP contribution in [0, 0.1) is 5.92 Å². The van der Waals surface area contributed by atoms with E-state index in [9.17, 15) is 14.4 Å². The van der Waals surface area contributed by atoms with Gasteiger partial charge in [0, 0.05) is 33.1 Å². The Morgan fingerprint density at radius 3 is 2.33 bits per heavy atom. The van der Waals surface area contributed by atoms with Crippen LogP contribution in [-0.4, -0.2) is 57.7 Å². The molecule has 3 fully saturated rings. The molecule has 6 nitrogen and oxygen atoms in total. The van der Waals surface area contributed by atoms with Crippen LogP contribution in [0.1, 0.15) is 44.6 Å². The van der Waals surface area contributed by atoms with Crippen molar-refractivity contribution < 1.29 is 14.4 Å². The van der Waals surface area contributed by atoms with E-state index in [1.807, 2.05) is 30.3 Å². The summed E-state index contributed by atoms with van der Waals surface area (Å²) in [6.45, 7) is 3.59. The molecule has 27 heavy (non-hydrogen) atoms. The number of urea groups is 1. The van der Waals surface area contributed by atoms with Crippen LogP contribution in [-0.2, 0) is 16.1 Å². The molecule has 3 aliphatic rings. The lowest BCUT2D eigenvalue weighted by molar-refractivity contribution is -0.140. The van der Waals surface area contributed by atoms with Gasteiger partial charge in [0.15, 0.2) is 0 Å². The number of nitrogens with zero attached hydrogens (tertiary/aromatic N) is 3. The lowest BCUT2D eigenvalue weighted by Crippen LogP contribution is -2.57. The average molecular weight is 369 g/mol. The molecule has 2 saturated heterocycles. The lowest BCUT2D eigenvalue weighted by atomic mass is 9.83. The van der Waals surface area contributed by atoms with Crippen molar-refractivity contribution in [1.29, 1.82) is 0 Å². The van der Waals surface area contributed by atoms with Crippen LogP contribution < -0.4 is 0 Å². The smallest absolute Gasteiger partial charge is 0.327 e. The fraction of sp³-hybridized carbons (Fsp3) is 0.571. The number of likely N-dealkylation sites (tertiary alicyclic amines) is 1. The molecule has 1 aliphatic carbocycles. The second-order valence-corrected chi connectivity index (χ2v) is 8.10. The molecule has 0 bridgehead atoms. The van der Waals surface area contributed by atoms with Gasteiger partial charge >= 0.3 is 6.03 Å². The van der Waals surface area contributed by atoms with Gasteiger partial charge in [0.05, 0.1) is 0 Å². The Kier molecular flexibility index (Phi) is 4.66. The van der Waals surface area contributed by atoms with E-state index in [4.69, 9.17) is 0 Å². The zero-order valence-corrected chi connectivity index (χ0v) is 15.9. The highest BCUT2D eigenvalue weighted by Crippen LogP contribution is 2.40. The van der Waals surface area contributed by atoms with Crippen LogP contribution in [0.4, 0.5) is 4.79 Å². The second kappa shape index (κ2) is 6.98. The van der Waals surface area contributed by atoms with E-state index in [1.165, 1.54) is 11.3 Å². The normalized spacial score (nSPS) is 22.5. The van der Waals surface area contributed by atoms with Crippen molar-refractivity contribution in [2.75, 3.05) is 19.6 Å². The Labute approximate surface area is 160 Å². The molecule has 0 atom stereocenters. The summed E-state index contributed by atoms with van der Waals surface area (Å²) in [5, 5.41) is 0. The van der Waals surface area contributed by atoms with Gasteiger partial charge in [-0.1, -0.05) is 36.8 Å². The van der Waals surface area contributed by atoms with Gasteiger partial charge in [-0.25, -0.2) is 4.79 Å².